The first-order valence-corrected chi connectivity index (χ1v) is 8.84. The van der Waals surface area contributed by atoms with E-state index in [1.165, 1.54) is 30.3 Å². The zero-order chi connectivity index (χ0) is 19.0. The van der Waals surface area contributed by atoms with Gasteiger partial charge < -0.3 is 0 Å². The van der Waals surface area contributed by atoms with E-state index in [0.717, 1.165) is 17.4 Å². The fourth-order valence-electron chi connectivity index (χ4n) is 3.33. The maximum atomic E-state index is 15.0. The first kappa shape index (κ1) is 17.3. The van der Waals surface area contributed by atoms with Crippen molar-refractivity contribution in [1.29, 1.82) is 0 Å². The van der Waals surface area contributed by atoms with Crippen molar-refractivity contribution in [2.75, 3.05) is 0 Å². The average molecular weight is 362 g/mol. The smallest absolute Gasteiger partial charge is 0.138 e. The number of aryl methyl sites for hydroxylation is 1. The van der Waals surface area contributed by atoms with E-state index >= 15 is 4.39 Å². The summed E-state index contributed by atoms with van der Waals surface area (Å²) in [5.41, 5.74) is 2.90. The summed E-state index contributed by atoms with van der Waals surface area (Å²) in [5.74, 6) is -1.20. The van der Waals surface area contributed by atoms with Gasteiger partial charge in [0.2, 0.25) is 0 Å². The van der Waals surface area contributed by atoms with Crippen molar-refractivity contribution in [2.24, 2.45) is 0 Å². The Bertz CT molecular complexity index is 1130. The van der Waals surface area contributed by atoms with Crippen LogP contribution in [0.5, 0.6) is 0 Å². The molecule has 0 aliphatic carbocycles. The molecule has 0 fully saturated rings. The minimum atomic E-state index is -0.472. The fourth-order valence-corrected chi connectivity index (χ4v) is 3.33. The highest BCUT2D eigenvalue weighted by atomic mass is 19.1. The van der Waals surface area contributed by atoms with Gasteiger partial charge in [-0.3, -0.25) is 0 Å². The molecule has 0 atom stereocenters. The SMILES string of the molecule is CCc1ccc2c(F)c(-c3ccc(-c4ccc(F)cc4)c(F)c3)ccc2c1. The summed E-state index contributed by atoms with van der Waals surface area (Å²) < 4.78 is 42.7. The van der Waals surface area contributed by atoms with E-state index in [9.17, 15) is 8.78 Å². The van der Waals surface area contributed by atoms with Crippen LogP contribution in [0, 0.1) is 17.5 Å². The van der Waals surface area contributed by atoms with Crippen LogP contribution in [0.4, 0.5) is 13.2 Å². The van der Waals surface area contributed by atoms with Crippen molar-refractivity contribution in [1.82, 2.24) is 0 Å². The van der Waals surface area contributed by atoms with Crippen LogP contribution in [-0.2, 0) is 6.42 Å². The summed E-state index contributed by atoms with van der Waals surface area (Å²) >= 11 is 0. The van der Waals surface area contributed by atoms with Gasteiger partial charge in [-0.1, -0.05) is 61.5 Å². The first-order chi connectivity index (χ1) is 13.1. The largest absolute Gasteiger partial charge is 0.207 e. The Balaban J connectivity index is 1.78. The number of halogens is 3. The predicted octanol–water partition coefficient (Wildman–Crippen LogP) is 7.15. The Morgan fingerprint density at radius 2 is 1.37 bits per heavy atom. The van der Waals surface area contributed by atoms with E-state index in [1.54, 1.807) is 24.3 Å². The van der Waals surface area contributed by atoms with Crippen molar-refractivity contribution in [3.05, 3.63) is 95.8 Å². The van der Waals surface area contributed by atoms with Crippen LogP contribution in [0.15, 0.2) is 72.8 Å². The van der Waals surface area contributed by atoms with Gasteiger partial charge in [-0.25, -0.2) is 13.2 Å². The average Bonchev–Trinajstić information content (AvgIpc) is 2.69. The molecule has 4 aromatic carbocycles. The summed E-state index contributed by atoms with van der Waals surface area (Å²) in [7, 11) is 0. The van der Waals surface area contributed by atoms with Gasteiger partial charge in [0.1, 0.15) is 17.5 Å². The quantitative estimate of drug-likeness (QED) is 0.363. The molecule has 0 aliphatic heterocycles. The standard InChI is InChI=1S/C24H17F3/c1-2-15-3-10-21-17(13-15)7-12-22(24(21)27)18-6-11-20(23(26)14-18)16-4-8-19(25)9-5-16/h3-14H,2H2,1H3. The third-order valence-corrected chi connectivity index (χ3v) is 4.86. The summed E-state index contributed by atoms with van der Waals surface area (Å²) in [6.07, 6.45) is 0.884. The van der Waals surface area contributed by atoms with Crippen LogP contribution < -0.4 is 0 Å². The van der Waals surface area contributed by atoms with Gasteiger partial charge in [-0.15, -0.1) is 0 Å². The third-order valence-electron chi connectivity index (χ3n) is 4.86. The lowest BCUT2D eigenvalue weighted by atomic mass is 9.96. The van der Waals surface area contributed by atoms with Crippen molar-refractivity contribution in [2.45, 2.75) is 13.3 Å². The lowest BCUT2D eigenvalue weighted by Gasteiger charge is -2.10. The molecule has 0 saturated carbocycles. The maximum Gasteiger partial charge on any atom is 0.138 e. The monoisotopic (exact) mass is 362 g/mol. The molecule has 134 valence electrons. The van der Waals surface area contributed by atoms with E-state index < -0.39 is 5.82 Å². The van der Waals surface area contributed by atoms with Crippen LogP contribution in [0.2, 0.25) is 0 Å². The van der Waals surface area contributed by atoms with E-state index in [-0.39, 0.29) is 11.6 Å². The lowest BCUT2D eigenvalue weighted by Crippen LogP contribution is -1.91. The topological polar surface area (TPSA) is 0 Å². The first-order valence-electron chi connectivity index (χ1n) is 8.84. The van der Waals surface area contributed by atoms with E-state index in [2.05, 4.69) is 6.92 Å². The Labute approximate surface area is 155 Å². The minimum Gasteiger partial charge on any atom is -0.207 e. The Kier molecular flexibility index (Phi) is 4.44. The van der Waals surface area contributed by atoms with Crippen molar-refractivity contribution >= 4 is 10.8 Å². The van der Waals surface area contributed by atoms with Gasteiger partial charge in [0, 0.05) is 16.5 Å². The zero-order valence-electron chi connectivity index (χ0n) is 14.8. The van der Waals surface area contributed by atoms with Crippen LogP contribution in [0.1, 0.15) is 12.5 Å². The summed E-state index contributed by atoms with van der Waals surface area (Å²) in [6, 6.07) is 19.4. The molecule has 0 amide bonds. The van der Waals surface area contributed by atoms with E-state index in [0.29, 0.717) is 27.6 Å². The highest BCUT2D eigenvalue weighted by Gasteiger charge is 2.13. The molecule has 3 heteroatoms. The maximum absolute atomic E-state index is 15.0. The fraction of sp³-hybridized carbons (Fsp3) is 0.0833. The van der Waals surface area contributed by atoms with Crippen LogP contribution in [0.25, 0.3) is 33.0 Å². The molecule has 0 heterocycles. The second kappa shape index (κ2) is 6.92. The van der Waals surface area contributed by atoms with Gasteiger partial charge >= 0.3 is 0 Å². The number of fused-ring (bicyclic) bond motifs is 1. The summed E-state index contributed by atoms with van der Waals surface area (Å²) in [5, 5.41) is 1.35. The molecule has 0 aromatic heterocycles. The molecule has 0 bridgehead atoms. The van der Waals surface area contributed by atoms with Crippen molar-refractivity contribution in [3.8, 4) is 22.3 Å². The van der Waals surface area contributed by atoms with Gasteiger partial charge in [0.15, 0.2) is 0 Å². The Morgan fingerprint density at radius 1 is 0.667 bits per heavy atom. The minimum absolute atomic E-state index is 0.354. The second-order valence-corrected chi connectivity index (χ2v) is 6.54. The highest BCUT2D eigenvalue weighted by Crippen LogP contribution is 2.32. The van der Waals surface area contributed by atoms with E-state index in [4.69, 9.17) is 0 Å². The second-order valence-electron chi connectivity index (χ2n) is 6.54. The molecular weight excluding hydrogens is 345 g/mol. The van der Waals surface area contributed by atoms with Gasteiger partial charge in [0.05, 0.1) is 0 Å². The van der Waals surface area contributed by atoms with Crippen LogP contribution in [0.3, 0.4) is 0 Å². The molecule has 0 aliphatic rings. The number of hydrogen-bond donors (Lipinski definition) is 0. The summed E-state index contributed by atoms with van der Waals surface area (Å²) in [4.78, 5) is 0. The zero-order valence-corrected chi connectivity index (χ0v) is 14.8. The molecule has 0 spiro atoms. The lowest BCUT2D eigenvalue weighted by molar-refractivity contribution is 0.625. The highest BCUT2D eigenvalue weighted by molar-refractivity contribution is 5.89. The van der Waals surface area contributed by atoms with Gasteiger partial charge in [0.25, 0.3) is 0 Å². The summed E-state index contributed by atoms with van der Waals surface area (Å²) in [6.45, 7) is 2.05. The molecular formula is C24H17F3. The third kappa shape index (κ3) is 3.21. The van der Waals surface area contributed by atoms with Gasteiger partial charge in [-0.2, -0.15) is 0 Å². The number of rotatable bonds is 3. The number of hydrogen-bond acceptors (Lipinski definition) is 0. The van der Waals surface area contributed by atoms with Crippen LogP contribution >= 0.6 is 0 Å². The van der Waals surface area contributed by atoms with Crippen molar-refractivity contribution in [3.63, 3.8) is 0 Å². The molecule has 0 nitrogen and oxygen atoms in total. The Morgan fingerprint density at radius 3 is 2.07 bits per heavy atom. The molecule has 4 rings (SSSR count). The van der Waals surface area contributed by atoms with Gasteiger partial charge in [-0.05, 0) is 46.7 Å². The molecule has 4 aromatic rings. The molecule has 0 radical (unpaired) electrons. The van der Waals surface area contributed by atoms with Crippen LogP contribution in [-0.4, -0.2) is 0 Å². The van der Waals surface area contributed by atoms with Crippen molar-refractivity contribution < 1.29 is 13.2 Å². The Hall–Kier alpha value is -3.07. The van der Waals surface area contributed by atoms with E-state index in [1.807, 2.05) is 18.2 Å². The molecule has 27 heavy (non-hydrogen) atoms. The normalized spacial score (nSPS) is 11.1. The number of benzene rings is 4. The molecule has 0 saturated heterocycles. The molecule has 0 unspecified atom stereocenters. The molecule has 0 N–H and O–H groups in total. The predicted molar refractivity (Wildman–Crippen MR) is 104 cm³/mol.